The second-order valence-electron chi connectivity index (χ2n) is 6.67. The number of hydrogen-bond donors (Lipinski definition) is 0. The predicted octanol–water partition coefficient (Wildman–Crippen LogP) is 2.41. The lowest BCUT2D eigenvalue weighted by Gasteiger charge is -2.24. The lowest BCUT2D eigenvalue weighted by molar-refractivity contribution is -0.132. The summed E-state index contributed by atoms with van der Waals surface area (Å²) in [5.74, 6) is -0.729. The molecule has 2 aliphatic heterocycles. The van der Waals surface area contributed by atoms with E-state index in [1.165, 1.54) is 4.90 Å². The highest BCUT2D eigenvalue weighted by atomic mass is 35.5. The number of rotatable bonds is 5. The molecular weight excluding hydrogens is 424 g/mol. The first-order valence-electron chi connectivity index (χ1n) is 8.64. The number of hydrogen-bond acceptors (Lipinski definition) is 6. The third-order valence-electron chi connectivity index (χ3n) is 4.76. The van der Waals surface area contributed by atoms with Gasteiger partial charge in [0.05, 0.1) is 16.4 Å². The average Bonchev–Trinajstić information content (AvgIpc) is 3.13. The molecule has 2 saturated heterocycles. The van der Waals surface area contributed by atoms with Crippen molar-refractivity contribution in [3.63, 3.8) is 0 Å². The second kappa shape index (κ2) is 8.26. The van der Waals surface area contributed by atoms with Crippen molar-refractivity contribution in [2.45, 2.75) is 18.9 Å². The minimum Gasteiger partial charge on any atom is -0.342 e. The highest BCUT2D eigenvalue weighted by molar-refractivity contribution is 8.18. The van der Waals surface area contributed by atoms with Crippen LogP contribution in [-0.4, -0.2) is 66.4 Å². The maximum absolute atomic E-state index is 12.5. The van der Waals surface area contributed by atoms with Crippen molar-refractivity contribution < 1.29 is 22.8 Å². The normalized spacial score (nSPS) is 22.9. The standard InChI is InChI=1S/C18H19ClN2O5S2/c1-20(13-7-9-28(25,26)11-13)16(22)6-8-21-17(23)15(27-18(21)24)10-12-4-2-3-5-14(12)19/h2-5,10,13H,6-9,11H2,1H3/b15-10+/t13-/m0/s1. The summed E-state index contributed by atoms with van der Waals surface area (Å²) in [6, 6.07) is 6.62. The second-order valence-corrected chi connectivity index (χ2v) is 10.3. The van der Waals surface area contributed by atoms with Gasteiger partial charge < -0.3 is 4.90 Å². The zero-order chi connectivity index (χ0) is 20.5. The predicted molar refractivity (Wildman–Crippen MR) is 109 cm³/mol. The van der Waals surface area contributed by atoms with Gasteiger partial charge in [0, 0.05) is 31.1 Å². The molecule has 7 nitrogen and oxygen atoms in total. The molecule has 10 heteroatoms. The smallest absolute Gasteiger partial charge is 0.293 e. The Morgan fingerprint density at radius 1 is 1.36 bits per heavy atom. The first-order valence-corrected chi connectivity index (χ1v) is 11.7. The van der Waals surface area contributed by atoms with Crippen LogP contribution in [0.3, 0.4) is 0 Å². The fraction of sp³-hybridized carbons (Fsp3) is 0.389. The van der Waals surface area contributed by atoms with Gasteiger partial charge in [-0.1, -0.05) is 29.8 Å². The molecule has 0 spiro atoms. The Labute approximate surface area is 172 Å². The molecule has 2 heterocycles. The van der Waals surface area contributed by atoms with Crippen LogP contribution in [0.15, 0.2) is 29.2 Å². The Morgan fingerprint density at radius 3 is 2.71 bits per heavy atom. The molecule has 0 saturated carbocycles. The van der Waals surface area contributed by atoms with Gasteiger partial charge in [-0.3, -0.25) is 19.3 Å². The van der Waals surface area contributed by atoms with E-state index in [9.17, 15) is 22.8 Å². The van der Waals surface area contributed by atoms with Crippen molar-refractivity contribution in [2.24, 2.45) is 0 Å². The Hall–Kier alpha value is -1.84. The van der Waals surface area contributed by atoms with Crippen molar-refractivity contribution in [1.82, 2.24) is 9.80 Å². The van der Waals surface area contributed by atoms with E-state index in [0.717, 1.165) is 16.7 Å². The number of amides is 3. The third-order valence-corrected chi connectivity index (χ3v) is 7.77. The van der Waals surface area contributed by atoms with E-state index in [1.807, 2.05) is 0 Å². The summed E-state index contributed by atoms with van der Waals surface area (Å²) in [5.41, 5.74) is 0.632. The van der Waals surface area contributed by atoms with E-state index >= 15 is 0 Å². The summed E-state index contributed by atoms with van der Waals surface area (Å²) in [6.45, 7) is -0.0484. The van der Waals surface area contributed by atoms with E-state index in [4.69, 9.17) is 11.6 Å². The summed E-state index contributed by atoms with van der Waals surface area (Å²) < 4.78 is 23.2. The number of imide groups is 1. The average molecular weight is 443 g/mol. The monoisotopic (exact) mass is 442 g/mol. The molecule has 1 atom stereocenters. The quantitative estimate of drug-likeness (QED) is 0.650. The van der Waals surface area contributed by atoms with Crippen LogP contribution in [0.4, 0.5) is 4.79 Å². The summed E-state index contributed by atoms with van der Waals surface area (Å²) in [5, 5.41) is 0.0276. The molecule has 0 aliphatic carbocycles. The summed E-state index contributed by atoms with van der Waals surface area (Å²) >= 11 is 6.89. The van der Waals surface area contributed by atoms with Crippen molar-refractivity contribution in [1.29, 1.82) is 0 Å². The molecule has 3 rings (SSSR count). The van der Waals surface area contributed by atoms with E-state index in [1.54, 1.807) is 37.4 Å². The zero-order valence-electron chi connectivity index (χ0n) is 15.1. The van der Waals surface area contributed by atoms with Gasteiger partial charge in [0.15, 0.2) is 9.84 Å². The van der Waals surface area contributed by atoms with Crippen molar-refractivity contribution in [3.05, 3.63) is 39.8 Å². The maximum atomic E-state index is 12.5. The third kappa shape index (κ3) is 4.59. The van der Waals surface area contributed by atoms with Crippen molar-refractivity contribution in [2.75, 3.05) is 25.1 Å². The molecule has 28 heavy (non-hydrogen) atoms. The topological polar surface area (TPSA) is 91.8 Å². The molecular formula is C18H19ClN2O5S2. The fourth-order valence-corrected chi connectivity index (χ4v) is 5.92. The molecule has 1 aromatic carbocycles. The van der Waals surface area contributed by atoms with Gasteiger partial charge in [-0.15, -0.1) is 0 Å². The van der Waals surface area contributed by atoms with E-state index in [-0.39, 0.29) is 41.3 Å². The van der Waals surface area contributed by atoms with E-state index in [0.29, 0.717) is 17.0 Å². The molecule has 150 valence electrons. The number of thioether (sulfide) groups is 1. The highest BCUT2D eigenvalue weighted by Gasteiger charge is 2.36. The molecule has 1 aromatic rings. The van der Waals surface area contributed by atoms with Crippen LogP contribution in [0, 0.1) is 0 Å². The molecule has 2 fully saturated rings. The Bertz CT molecular complexity index is 960. The molecule has 0 unspecified atom stereocenters. The molecule has 0 aromatic heterocycles. The van der Waals surface area contributed by atoms with Gasteiger partial charge in [-0.2, -0.15) is 0 Å². The molecule has 0 bridgehead atoms. The largest absolute Gasteiger partial charge is 0.342 e. The van der Waals surface area contributed by atoms with Gasteiger partial charge in [0.25, 0.3) is 11.1 Å². The van der Waals surface area contributed by atoms with Gasteiger partial charge >= 0.3 is 0 Å². The lowest BCUT2D eigenvalue weighted by atomic mass is 10.2. The SMILES string of the molecule is CN(C(=O)CCN1C(=O)S/C(=C/c2ccccc2Cl)C1=O)[C@H]1CCS(=O)(=O)C1. The summed E-state index contributed by atoms with van der Waals surface area (Å²) in [6.07, 6.45) is 1.92. The molecule has 0 radical (unpaired) electrons. The van der Waals surface area contributed by atoms with Gasteiger partial charge in [-0.05, 0) is 35.9 Å². The number of nitrogens with zero attached hydrogens (tertiary/aromatic N) is 2. The van der Waals surface area contributed by atoms with Crippen LogP contribution >= 0.6 is 23.4 Å². The number of carbonyl (C=O) groups excluding carboxylic acids is 3. The number of halogens is 1. The fourth-order valence-electron chi connectivity index (χ4n) is 3.09. The van der Waals surface area contributed by atoms with Crippen molar-refractivity contribution in [3.8, 4) is 0 Å². The van der Waals surface area contributed by atoms with Crippen LogP contribution < -0.4 is 0 Å². The molecule has 0 N–H and O–H groups in total. The van der Waals surface area contributed by atoms with Crippen LogP contribution in [0.2, 0.25) is 5.02 Å². The Morgan fingerprint density at radius 2 is 2.07 bits per heavy atom. The van der Waals surface area contributed by atoms with Crippen LogP contribution in [0.1, 0.15) is 18.4 Å². The van der Waals surface area contributed by atoms with Crippen molar-refractivity contribution >= 4 is 56.3 Å². The summed E-state index contributed by atoms with van der Waals surface area (Å²) in [7, 11) is -1.54. The minimum atomic E-state index is -3.10. The number of carbonyl (C=O) groups is 3. The van der Waals surface area contributed by atoms with Crippen LogP contribution in [0.5, 0.6) is 0 Å². The van der Waals surface area contributed by atoms with Gasteiger partial charge in [0.2, 0.25) is 5.91 Å². The Kier molecular flexibility index (Phi) is 6.16. The number of sulfone groups is 1. The highest BCUT2D eigenvalue weighted by Crippen LogP contribution is 2.33. The molecule has 2 aliphatic rings. The zero-order valence-corrected chi connectivity index (χ0v) is 17.5. The number of benzene rings is 1. The van der Waals surface area contributed by atoms with Gasteiger partial charge in [0.1, 0.15) is 0 Å². The Balaban J connectivity index is 1.62. The summed E-state index contributed by atoms with van der Waals surface area (Å²) in [4.78, 5) is 39.8. The minimum absolute atomic E-state index is 0.0443. The van der Waals surface area contributed by atoms with Gasteiger partial charge in [-0.25, -0.2) is 8.42 Å². The van der Waals surface area contributed by atoms with E-state index in [2.05, 4.69) is 0 Å². The first kappa shape index (κ1) is 20.9. The van der Waals surface area contributed by atoms with Crippen LogP contribution in [-0.2, 0) is 19.4 Å². The van der Waals surface area contributed by atoms with E-state index < -0.39 is 21.0 Å². The van der Waals surface area contributed by atoms with Crippen LogP contribution in [0.25, 0.3) is 6.08 Å². The first-order chi connectivity index (χ1) is 13.2. The maximum Gasteiger partial charge on any atom is 0.293 e. The lowest BCUT2D eigenvalue weighted by Crippen LogP contribution is -2.40. The molecule has 3 amide bonds.